The predicted octanol–water partition coefficient (Wildman–Crippen LogP) is 1.60. The van der Waals surface area contributed by atoms with Gasteiger partial charge in [0.05, 0.1) is 0 Å². The van der Waals surface area contributed by atoms with E-state index < -0.39 is 0 Å². The zero-order chi connectivity index (χ0) is 8.81. The second-order valence-electron chi connectivity index (χ2n) is 2.19. The number of rotatable bonds is 1. The molecule has 0 radical (unpaired) electrons. The van der Waals surface area contributed by atoms with Crippen LogP contribution in [0.3, 0.4) is 0 Å². The van der Waals surface area contributed by atoms with Crippen LogP contribution in [0.25, 0.3) is 0 Å². The van der Waals surface area contributed by atoms with Gasteiger partial charge in [0.15, 0.2) is 6.07 Å². The second-order valence-corrected chi connectivity index (χ2v) is 2.19. The monoisotopic (exact) mass is 156 g/mol. The van der Waals surface area contributed by atoms with Gasteiger partial charge in [-0.25, -0.2) is 0 Å². The van der Waals surface area contributed by atoms with Gasteiger partial charge in [0.2, 0.25) is 0 Å². The summed E-state index contributed by atoms with van der Waals surface area (Å²) in [6, 6.07) is 9.37. The number of nitriles is 1. The molecule has 12 heavy (non-hydrogen) atoms. The Kier molecular flexibility index (Phi) is 2.76. The number of hydrogen-bond acceptors (Lipinski definition) is 2. The Morgan fingerprint density at radius 1 is 1.42 bits per heavy atom. The maximum atomic E-state index is 8.21. The minimum absolute atomic E-state index is 0.850. The van der Waals surface area contributed by atoms with E-state index in [0.29, 0.717) is 0 Å². The van der Waals surface area contributed by atoms with Crippen LogP contribution in [-0.2, 0) is 0 Å². The van der Waals surface area contributed by atoms with Crippen LogP contribution in [0.2, 0.25) is 0 Å². The SMILES string of the molecule is CNc1cccc(C#CC#N)c1. The van der Waals surface area contributed by atoms with E-state index in [1.54, 1.807) is 6.07 Å². The van der Waals surface area contributed by atoms with Crippen molar-refractivity contribution >= 4 is 5.69 Å². The van der Waals surface area contributed by atoms with E-state index in [1.807, 2.05) is 31.3 Å². The van der Waals surface area contributed by atoms with Crippen molar-refractivity contribution in [2.75, 3.05) is 12.4 Å². The maximum absolute atomic E-state index is 8.21. The minimum atomic E-state index is 0.850. The molecular weight excluding hydrogens is 148 g/mol. The topological polar surface area (TPSA) is 35.8 Å². The van der Waals surface area contributed by atoms with E-state index in [9.17, 15) is 0 Å². The molecule has 1 rings (SSSR count). The van der Waals surface area contributed by atoms with Crippen molar-refractivity contribution in [3.63, 3.8) is 0 Å². The lowest BCUT2D eigenvalue weighted by atomic mass is 10.2. The van der Waals surface area contributed by atoms with E-state index in [0.717, 1.165) is 11.3 Å². The van der Waals surface area contributed by atoms with Crippen LogP contribution < -0.4 is 5.32 Å². The second kappa shape index (κ2) is 4.05. The van der Waals surface area contributed by atoms with E-state index in [1.165, 1.54) is 0 Å². The van der Waals surface area contributed by atoms with Crippen molar-refractivity contribution in [1.29, 1.82) is 5.26 Å². The Labute approximate surface area is 71.8 Å². The number of nitrogens with zero attached hydrogens (tertiary/aromatic N) is 1. The number of anilines is 1. The average molecular weight is 156 g/mol. The lowest BCUT2D eigenvalue weighted by Gasteiger charge is -1.97. The summed E-state index contributed by atoms with van der Waals surface area (Å²) in [4.78, 5) is 0. The molecule has 0 aromatic heterocycles. The highest BCUT2D eigenvalue weighted by molar-refractivity contribution is 5.50. The number of hydrogen-bond donors (Lipinski definition) is 1. The number of nitrogens with one attached hydrogen (secondary N) is 1. The Balaban J connectivity index is 2.96. The summed E-state index contributed by atoms with van der Waals surface area (Å²) in [7, 11) is 1.84. The molecule has 0 heterocycles. The van der Waals surface area contributed by atoms with Gasteiger partial charge in [0.1, 0.15) is 0 Å². The van der Waals surface area contributed by atoms with Gasteiger partial charge in [-0.1, -0.05) is 12.0 Å². The molecule has 0 unspecified atom stereocenters. The molecule has 0 atom stereocenters. The predicted molar refractivity (Wildman–Crippen MR) is 48.5 cm³/mol. The first-order valence-corrected chi connectivity index (χ1v) is 3.54. The molecule has 0 saturated heterocycles. The first kappa shape index (κ1) is 8.17. The van der Waals surface area contributed by atoms with Crippen LogP contribution in [0.4, 0.5) is 5.69 Å². The third-order valence-corrected chi connectivity index (χ3v) is 1.41. The van der Waals surface area contributed by atoms with Crippen LogP contribution in [0, 0.1) is 23.2 Å². The highest BCUT2D eigenvalue weighted by Crippen LogP contribution is 2.07. The van der Waals surface area contributed by atoms with Gasteiger partial charge in [0.25, 0.3) is 0 Å². The van der Waals surface area contributed by atoms with Crippen molar-refractivity contribution in [2.24, 2.45) is 0 Å². The molecule has 0 aliphatic heterocycles. The van der Waals surface area contributed by atoms with Crippen molar-refractivity contribution in [3.05, 3.63) is 29.8 Å². The molecule has 1 aromatic rings. The van der Waals surface area contributed by atoms with Gasteiger partial charge in [-0.3, -0.25) is 0 Å². The van der Waals surface area contributed by atoms with E-state index >= 15 is 0 Å². The van der Waals surface area contributed by atoms with Crippen LogP contribution >= 0.6 is 0 Å². The molecule has 0 fully saturated rings. The fraction of sp³-hybridized carbons (Fsp3) is 0.100. The molecule has 0 aliphatic carbocycles. The Bertz CT molecular complexity index is 363. The lowest BCUT2D eigenvalue weighted by Crippen LogP contribution is -1.87. The normalized spacial score (nSPS) is 7.67. The zero-order valence-electron chi connectivity index (χ0n) is 6.76. The molecule has 0 aliphatic rings. The molecular formula is C10H8N2. The van der Waals surface area contributed by atoms with Gasteiger partial charge in [0, 0.05) is 24.2 Å². The summed E-state index contributed by atoms with van der Waals surface area (Å²) < 4.78 is 0. The smallest absolute Gasteiger partial charge is 0.152 e. The summed E-state index contributed by atoms with van der Waals surface area (Å²) in [5, 5.41) is 11.2. The molecule has 0 amide bonds. The Hall–Kier alpha value is -1.93. The third-order valence-electron chi connectivity index (χ3n) is 1.41. The maximum Gasteiger partial charge on any atom is 0.152 e. The van der Waals surface area contributed by atoms with E-state index in [4.69, 9.17) is 5.26 Å². The van der Waals surface area contributed by atoms with Crippen LogP contribution in [0.1, 0.15) is 5.56 Å². The van der Waals surface area contributed by atoms with Crippen molar-refractivity contribution < 1.29 is 0 Å². The fourth-order valence-electron chi connectivity index (χ4n) is 0.853. The highest BCUT2D eigenvalue weighted by atomic mass is 14.8. The third kappa shape index (κ3) is 2.04. The summed E-state index contributed by atoms with van der Waals surface area (Å²) >= 11 is 0. The van der Waals surface area contributed by atoms with Crippen LogP contribution in [0.5, 0.6) is 0 Å². The molecule has 58 valence electrons. The van der Waals surface area contributed by atoms with Gasteiger partial charge in [-0.2, -0.15) is 5.26 Å². The van der Waals surface area contributed by atoms with Gasteiger partial charge in [-0.05, 0) is 18.2 Å². The molecule has 2 heteroatoms. The summed E-state index contributed by atoms with van der Waals surface area (Å²) in [5.41, 5.74) is 1.85. The summed E-state index contributed by atoms with van der Waals surface area (Å²) in [6.45, 7) is 0. The molecule has 1 aromatic carbocycles. The van der Waals surface area contributed by atoms with Crippen molar-refractivity contribution in [1.82, 2.24) is 0 Å². The minimum Gasteiger partial charge on any atom is -0.388 e. The lowest BCUT2D eigenvalue weighted by molar-refractivity contribution is 1.50. The highest BCUT2D eigenvalue weighted by Gasteiger charge is 1.88. The van der Waals surface area contributed by atoms with E-state index in [2.05, 4.69) is 17.2 Å². The Morgan fingerprint density at radius 2 is 2.25 bits per heavy atom. The van der Waals surface area contributed by atoms with Gasteiger partial charge in [-0.15, -0.1) is 0 Å². The van der Waals surface area contributed by atoms with Crippen LogP contribution in [0.15, 0.2) is 24.3 Å². The molecule has 0 spiro atoms. The quantitative estimate of drug-likeness (QED) is 0.627. The zero-order valence-corrected chi connectivity index (χ0v) is 6.76. The van der Waals surface area contributed by atoms with Gasteiger partial charge >= 0.3 is 0 Å². The molecule has 1 N–H and O–H groups in total. The largest absolute Gasteiger partial charge is 0.388 e. The fourth-order valence-corrected chi connectivity index (χ4v) is 0.853. The molecule has 2 nitrogen and oxygen atoms in total. The number of benzene rings is 1. The standard InChI is InChI=1S/C10H8N2/c1-12-10-6-2-4-9(8-10)5-3-7-11/h2,4,6,8,12H,1H3. The average Bonchev–Trinajstić information content (AvgIpc) is 2.15. The molecule has 0 bridgehead atoms. The first-order chi connectivity index (χ1) is 5.86. The summed E-state index contributed by atoms with van der Waals surface area (Å²) in [5.74, 6) is 5.06. The summed E-state index contributed by atoms with van der Waals surface area (Å²) in [6.07, 6.45) is 0. The Morgan fingerprint density at radius 3 is 2.92 bits per heavy atom. The van der Waals surface area contributed by atoms with Crippen LogP contribution in [-0.4, -0.2) is 7.05 Å². The van der Waals surface area contributed by atoms with E-state index in [-0.39, 0.29) is 0 Å². The first-order valence-electron chi connectivity index (χ1n) is 3.54. The van der Waals surface area contributed by atoms with Crippen molar-refractivity contribution in [3.8, 4) is 17.9 Å². The van der Waals surface area contributed by atoms with Crippen molar-refractivity contribution in [2.45, 2.75) is 0 Å². The van der Waals surface area contributed by atoms with Gasteiger partial charge < -0.3 is 5.32 Å². The molecule has 0 saturated carbocycles.